The number of amides is 1. The number of benzene rings is 2. The zero-order valence-electron chi connectivity index (χ0n) is 15.0. The lowest BCUT2D eigenvalue weighted by molar-refractivity contribution is -0.121. The third kappa shape index (κ3) is 5.37. The lowest BCUT2D eigenvalue weighted by Crippen LogP contribution is -2.30. The van der Waals surface area contributed by atoms with Gasteiger partial charge in [-0.3, -0.25) is 4.79 Å². The molecular formula is C20H23FN2O3S. The van der Waals surface area contributed by atoms with Crippen molar-refractivity contribution in [2.75, 3.05) is 6.54 Å². The Morgan fingerprint density at radius 3 is 2.44 bits per heavy atom. The summed E-state index contributed by atoms with van der Waals surface area (Å²) in [6.07, 6.45) is 4.16. The van der Waals surface area contributed by atoms with Crippen molar-refractivity contribution in [2.45, 2.75) is 43.5 Å². The van der Waals surface area contributed by atoms with Crippen LogP contribution in [0.25, 0.3) is 0 Å². The fourth-order valence-corrected chi connectivity index (χ4v) is 4.23. The predicted molar refractivity (Wildman–Crippen MR) is 101 cm³/mol. The van der Waals surface area contributed by atoms with E-state index in [0.717, 1.165) is 36.8 Å². The van der Waals surface area contributed by atoms with E-state index >= 15 is 0 Å². The molecule has 0 fully saturated rings. The average Bonchev–Trinajstić information content (AvgIpc) is 2.67. The van der Waals surface area contributed by atoms with E-state index in [0.29, 0.717) is 0 Å². The van der Waals surface area contributed by atoms with E-state index in [1.807, 2.05) is 6.07 Å². The summed E-state index contributed by atoms with van der Waals surface area (Å²) in [6, 6.07) is 11.1. The molecule has 0 atom stereocenters. The second-order valence-electron chi connectivity index (χ2n) is 6.69. The van der Waals surface area contributed by atoms with E-state index < -0.39 is 10.0 Å². The Hall–Kier alpha value is -2.25. The number of hydrogen-bond acceptors (Lipinski definition) is 3. The molecule has 3 rings (SSSR count). The Balaban J connectivity index is 1.48. The molecule has 1 aliphatic rings. The molecule has 1 amide bonds. The maximum absolute atomic E-state index is 12.8. The van der Waals surface area contributed by atoms with E-state index in [1.54, 1.807) is 24.3 Å². The zero-order valence-corrected chi connectivity index (χ0v) is 15.8. The van der Waals surface area contributed by atoms with E-state index in [2.05, 4.69) is 10.0 Å². The smallest absolute Gasteiger partial charge is 0.240 e. The maximum atomic E-state index is 12.8. The van der Waals surface area contributed by atoms with Crippen molar-refractivity contribution in [1.29, 1.82) is 0 Å². The molecule has 2 N–H and O–H groups in total. The Bertz CT molecular complexity index is 911. The van der Waals surface area contributed by atoms with Crippen LogP contribution in [0.2, 0.25) is 0 Å². The van der Waals surface area contributed by atoms with Gasteiger partial charge in [0.2, 0.25) is 15.9 Å². The van der Waals surface area contributed by atoms with Crippen LogP contribution in [0.3, 0.4) is 0 Å². The molecule has 0 radical (unpaired) electrons. The predicted octanol–water partition coefficient (Wildman–Crippen LogP) is 2.69. The number of carbonyl (C=O) groups excluding carboxylic acids is 1. The van der Waals surface area contributed by atoms with Gasteiger partial charge in [0.25, 0.3) is 0 Å². The van der Waals surface area contributed by atoms with E-state index in [4.69, 9.17) is 0 Å². The van der Waals surface area contributed by atoms with Crippen LogP contribution in [-0.4, -0.2) is 20.9 Å². The van der Waals surface area contributed by atoms with Gasteiger partial charge >= 0.3 is 0 Å². The summed E-state index contributed by atoms with van der Waals surface area (Å²) in [4.78, 5) is 12.1. The summed E-state index contributed by atoms with van der Waals surface area (Å²) >= 11 is 0. The third-order valence-corrected chi connectivity index (χ3v) is 6.14. The number of rotatable bonds is 7. The highest BCUT2D eigenvalue weighted by atomic mass is 32.2. The molecule has 7 heteroatoms. The highest BCUT2D eigenvalue weighted by Gasteiger charge is 2.17. The van der Waals surface area contributed by atoms with E-state index in [-0.39, 0.29) is 36.1 Å². The van der Waals surface area contributed by atoms with Crippen LogP contribution in [0.5, 0.6) is 0 Å². The molecule has 0 saturated carbocycles. The van der Waals surface area contributed by atoms with Crippen molar-refractivity contribution < 1.29 is 17.6 Å². The minimum Gasteiger partial charge on any atom is -0.352 e. The van der Waals surface area contributed by atoms with Gasteiger partial charge in [-0.25, -0.2) is 17.5 Å². The van der Waals surface area contributed by atoms with Gasteiger partial charge in [-0.2, -0.15) is 0 Å². The number of nitrogens with one attached hydrogen (secondary N) is 2. The Labute approximate surface area is 159 Å². The van der Waals surface area contributed by atoms with Crippen LogP contribution in [0.4, 0.5) is 4.39 Å². The summed E-state index contributed by atoms with van der Waals surface area (Å²) < 4.78 is 40.2. The lowest BCUT2D eigenvalue weighted by atomic mass is 9.92. The number of hydrogen-bond donors (Lipinski definition) is 2. The van der Waals surface area contributed by atoms with Crippen LogP contribution in [0.15, 0.2) is 47.4 Å². The van der Waals surface area contributed by atoms with Gasteiger partial charge in [0.15, 0.2) is 0 Å². The SMILES string of the molecule is O=C(CCNS(=O)(=O)c1ccc2c(c1)CCCC2)NCc1ccc(F)cc1. The Morgan fingerprint density at radius 2 is 1.70 bits per heavy atom. The topological polar surface area (TPSA) is 75.3 Å². The second-order valence-corrected chi connectivity index (χ2v) is 8.46. The van der Waals surface area contributed by atoms with Gasteiger partial charge in [-0.1, -0.05) is 18.2 Å². The van der Waals surface area contributed by atoms with Crippen LogP contribution >= 0.6 is 0 Å². The highest BCUT2D eigenvalue weighted by Crippen LogP contribution is 2.24. The van der Waals surface area contributed by atoms with Gasteiger partial charge in [0, 0.05) is 19.5 Å². The minimum absolute atomic E-state index is 0.0225. The molecule has 144 valence electrons. The van der Waals surface area contributed by atoms with Gasteiger partial charge < -0.3 is 5.32 Å². The zero-order chi connectivity index (χ0) is 19.3. The Kier molecular flexibility index (Phi) is 6.23. The summed E-state index contributed by atoms with van der Waals surface area (Å²) in [6.45, 7) is 0.297. The number of sulfonamides is 1. The van der Waals surface area contributed by atoms with Crippen molar-refractivity contribution >= 4 is 15.9 Å². The van der Waals surface area contributed by atoms with Crippen LogP contribution in [0, 0.1) is 5.82 Å². The van der Waals surface area contributed by atoms with Crippen molar-refractivity contribution in [3.63, 3.8) is 0 Å². The fourth-order valence-electron chi connectivity index (χ4n) is 3.15. The first-order chi connectivity index (χ1) is 12.9. The van der Waals surface area contributed by atoms with Crippen molar-refractivity contribution in [1.82, 2.24) is 10.0 Å². The standard InChI is InChI=1S/C20H23FN2O3S/c21-18-8-5-15(6-9-18)14-22-20(24)11-12-23-27(25,26)19-10-7-16-3-1-2-4-17(16)13-19/h5-10,13,23H,1-4,11-12,14H2,(H,22,24). The number of carbonyl (C=O) groups is 1. The number of halogens is 1. The maximum Gasteiger partial charge on any atom is 0.240 e. The summed E-state index contributed by atoms with van der Waals surface area (Å²) in [5.74, 6) is -0.603. The first kappa shape index (κ1) is 19.5. The first-order valence-corrected chi connectivity index (χ1v) is 10.5. The molecule has 2 aromatic rings. The van der Waals surface area contributed by atoms with E-state index in [1.165, 1.54) is 17.7 Å². The second kappa shape index (κ2) is 8.63. The van der Waals surface area contributed by atoms with Gasteiger partial charge in [-0.05, 0) is 66.6 Å². The molecule has 0 bridgehead atoms. The van der Waals surface area contributed by atoms with Crippen LogP contribution in [0.1, 0.15) is 36.0 Å². The van der Waals surface area contributed by atoms with Gasteiger partial charge in [0.1, 0.15) is 5.82 Å². The highest BCUT2D eigenvalue weighted by molar-refractivity contribution is 7.89. The molecule has 0 heterocycles. The van der Waals surface area contributed by atoms with Crippen molar-refractivity contribution in [2.24, 2.45) is 0 Å². The van der Waals surface area contributed by atoms with Crippen molar-refractivity contribution in [3.8, 4) is 0 Å². The lowest BCUT2D eigenvalue weighted by Gasteiger charge is -2.16. The van der Waals surface area contributed by atoms with E-state index in [9.17, 15) is 17.6 Å². The number of aryl methyl sites for hydroxylation is 2. The molecular weight excluding hydrogens is 367 g/mol. The van der Waals surface area contributed by atoms with Crippen molar-refractivity contribution in [3.05, 3.63) is 65.0 Å². The Morgan fingerprint density at radius 1 is 1.00 bits per heavy atom. The minimum atomic E-state index is -3.63. The molecule has 2 aromatic carbocycles. The molecule has 0 spiro atoms. The molecule has 0 saturated heterocycles. The average molecular weight is 390 g/mol. The van der Waals surface area contributed by atoms with Crippen LogP contribution < -0.4 is 10.0 Å². The fraction of sp³-hybridized carbons (Fsp3) is 0.350. The molecule has 27 heavy (non-hydrogen) atoms. The van der Waals surface area contributed by atoms with Gasteiger partial charge in [0.05, 0.1) is 4.90 Å². The third-order valence-electron chi connectivity index (χ3n) is 4.68. The van der Waals surface area contributed by atoms with Crippen LogP contribution in [-0.2, 0) is 34.2 Å². The number of fused-ring (bicyclic) bond motifs is 1. The normalized spacial score (nSPS) is 13.8. The molecule has 0 aliphatic heterocycles. The molecule has 0 unspecified atom stereocenters. The summed E-state index contributed by atoms with van der Waals surface area (Å²) in [7, 11) is -3.63. The quantitative estimate of drug-likeness (QED) is 0.763. The molecule has 1 aliphatic carbocycles. The molecule has 0 aromatic heterocycles. The molecule has 5 nitrogen and oxygen atoms in total. The largest absolute Gasteiger partial charge is 0.352 e. The monoisotopic (exact) mass is 390 g/mol. The first-order valence-electron chi connectivity index (χ1n) is 9.07. The van der Waals surface area contributed by atoms with Gasteiger partial charge in [-0.15, -0.1) is 0 Å². The summed E-state index contributed by atoms with van der Waals surface area (Å²) in [5, 5.41) is 2.69. The summed E-state index contributed by atoms with van der Waals surface area (Å²) in [5.41, 5.74) is 3.10.